The van der Waals surface area contributed by atoms with Crippen molar-refractivity contribution in [2.45, 2.75) is 13.5 Å². The summed E-state index contributed by atoms with van der Waals surface area (Å²) in [6.45, 7) is 2.35. The first-order chi connectivity index (χ1) is 9.60. The second kappa shape index (κ2) is 6.14. The Balaban J connectivity index is 2.16. The number of amides is 1. The molecule has 20 heavy (non-hydrogen) atoms. The Hall–Kier alpha value is -2.43. The molecule has 2 aromatic rings. The summed E-state index contributed by atoms with van der Waals surface area (Å²) in [7, 11) is 3.56. The maximum Gasteiger partial charge on any atom is 0.254 e. The van der Waals surface area contributed by atoms with Gasteiger partial charge in [0.1, 0.15) is 5.82 Å². The van der Waals surface area contributed by atoms with Crippen molar-refractivity contribution in [2.24, 2.45) is 0 Å². The summed E-state index contributed by atoms with van der Waals surface area (Å²) in [6, 6.07) is 9.22. The van der Waals surface area contributed by atoms with E-state index in [0.717, 1.165) is 11.4 Å². The number of carbonyl (C=O) groups is 1. The van der Waals surface area contributed by atoms with Crippen LogP contribution in [0.4, 0.5) is 5.82 Å². The van der Waals surface area contributed by atoms with Crippen LogP contribution in [0, 0.1) is 6.92 Å². The van der Waals surface area contributed by atoms with E-state index in [-0.39, 0.29) is 5.91 Å². The molecule has 0 atom stereocenters. The standard InChI is InChI=1S/C15H18N4O/c1-11-8-12(9-14(16-2)18-11)15(20)19(3)10-13-6-4-5-7-17-13/h4-9H,10H2,1-3H3,(H,16,18). The molecule has 0 aliphatic heterocycles. The van der Waals surface area contributed by atoms with Crippen molar-refractivity contribution in [2.75, 3.05) is 19.4 Å². The molecule has 5 heteroatoms. The summed E-state index contributed by atoms with van der Waals surface area (Å²) in [5, 5.41) is 2.96. The molecule has 0 aliphatic carbocycles. The molecular weight excluding hydrogens is 252 g/mol. The molecule has 2 heterocycles. The molecule has 2 aromatic heterocycles. The Labute approximate surface area is 118 Å². The van der Waals surface area contributed by atoms with Gasteiger partial charge in [0.05, 0.1) is 12.2 Å². The minimum Gasteiger partial charge on any atom is -0.373 e. The number of hydrogen-bond donors (Lipinski definition) is 1. The Morgan fingerprint density at radius 2 is 2.15 bits per heavy atom. The highest BCUT2D eigenvalue weighted by molar-refractivity contribution is 5.94. The number of hydrogen-bond acceptors (Lipinski definition) is 4. The topological polar surface area (TPSA) is 58.1 Å². The van der Waals surface area contributed by atoms with Crippen LogP contribution >= 0.6 is 0 Å². The lowest BCUT2D eigenvalue weighted by Crippen LogP contribution is -2.26. The van der Waals surface area contributed by atoms with Gasteiger partial charge in [-0.2, -0.15) is 0 Å². The van der Waals surface area contributed by atoms with Crippen molar-refractivity contribution in [1.29, 1.82) is 0 Å². The average Bonchev–Trinajstić information content (AvgIpc) is 2.46. The molecule has 1 N–H and O–H groups in total. The maximum absolute atomic E-state index is 12.4. The first-order valence-electron chi connectivity index (χ1n) is 6.42. The number of carbonyl (C=O) groups excluding carboxylic acids is 1. The van der Waals surface area contributed by atoms with E-state index in [1.807, 2.05) is 25.1 Å². The molecule has 0 aliphatic rings. The predicted molar refractivity (Wildman–Crippen MR) is 78.6 cm³/mol. The molecule has 0 saturated carbocycles. The van der Waals surface area contributed by atoms with Gasteiger partial charge in [-0.15, -0.1) is 0 Å². The molecule has 0 radical (unpaired) electrons. The van der Waals surface area contributed by atoms with Gasteiger partial charge in [-0.1, -0.05) is 6.07 Å². The van der Waals surface area contributed by atoms with Crippen LogP contribution in [0.15, 0.2) is 36.5 Å². The normalized spacial score (nSPS) is 10.2. The van der Waals surface area contributed by atoms with E-state index in [2.05, 4.69) is 15.3 Å². The number of aryl methyl sites for hydroxylation is 1. The number of rotatable bonds is 4. The lowest BCUT2D eigenvalue weighted by atomic mass is 10.2. The van der Waals surface area contributed by atoms with Crippen LogP contribution in [0.2, 0.25) is 0 Å². The van der Waals surface area contributed by atoms with Gasteiger partial charge in [0.25, 0.3) is 5.91 Å². The minimum atomic E-state index is -0.0438. The third kappa shape index (κ3) is 3.32. The second-order valence-corrected chi connectivity index (χ2v) is 4.61. The fourth-order valence-electron chi connectivity index (χ4n) is 1.95. The fraction of sp³-hybridized carbons (Fsp3) is 0.267. The van der Waals surface area contributed by atoms with Crippen molar-refractivity contribution < 1.29 is 4.79 Å². The van der Waals surface area contributed by atoms with Gasteiger partial charge in [0.15, 0.2) is 0 Å². The maximum atomic E-state index is 12.4. The molecule has 0 saturated heterocycles. The van der Waals surface area contributed by atoms with Crippen molar-refractivity contribution in [3.05, 3.63) is 53.5 Å². The van der Waals surface area contributed by atoms with Crippen molar-refractivity contribution in [1.82, 2.24) is 14.9 Å². The van der Waals surface area contributed by atoms with Crippen molar-refractivity contribution in [3.63, 3.8) is 0 Å². The molecule has 0 aromatic carbocycles. The van der Waals surface area contributed by atoms with E-state index in [9.17, 15) is 4.79 Å². The largest absolute Gasteiger partial charge is 0.373 e. The molecule has 1 amide bonds. The highest BCUT2D eigenvalue weighted by Crippen LogP contribution is 2.12. The zero-order valence-electron chi connectivity index (χ0n) is 11.9. The number of pyridine rings is 2. The Morgan fingerprint density at radius 3 is 2.80 bits per heavy atom. The summed E-state index contributed by atoms with van der Waals surface area (Å²) in [6.07, 6.45) is 1.73. The Kier molecular flexibility index (Phi) is 4.30. The highest BCUT2D eigenvalue weighted by atomic mass is 16.2. The van der Waals surface area contributed by atoms with Gasteiger partial charge in [-0.25, -0.2) is 4.98 Å². The molecule has 0 bridgehead atoms. The predicted octanol–water partition coefficient (Wildman–Crippen LogP) is 2.10. The van der Waals surface area contributed by atoms with Crippen LogP contribution in [-0.4, -0.2) is 34.9 Å². The van der Waals surface area contributed by atoms with E-state index < -0.39 is 0 Å². The van der Waals surface area contributed by atoms with Crippen LogP contribution in [0.25, 0.3) is 0 Å². The quantitative estimate of drug-likeness (QED) is 0.924. The van der Waals surface area contributed by atoms with Gasteiger partial charge < -0.3 is 10.2 Å². The van der Waals surface area contributed by atoms with E-state index in [1.54, 1.807) is 37.3 Å². The molecule has 5 nitrogen and oxygen atoms in total. The molecule has 2 rings (SSSR count). The Morgan fingerprint density at radius 1 is 1.35 bits per heavy atom. The summed E-state index contributed by atoms with van der Waals surface area (Å²) in [4.78, 5) is 22.6. The first kappa shape index (κ1) is 14.0. The zero-order chi connectivity index (χ0) is 14.5. The molecular formula is C15H18N4O. The summed E-state index contributed by atoms with van der Waals surface area (Å²) < 4.78 is 0. The number of anilines is 1. The third-order valence-corrected chi connectivity index (χ3v) is 2.93. The van der Waals surface area contributed by atoms with Gasteiger partial charge >= 0.3 is 0 Å². The molecule has 0 fully saturated rings. The zero-order valence-corrected chi connectivity index (χ0v) is 11.9. The van der Waals surface area contributed by atoms with Crippen LogP contribution in [0.3, 0.4) is 0 Å². The fourth-order valence-corrected chi connectivity index (χ4v) is 1.95. The van der Waals surface area contributed by atoms with Crippen LogP contribution < -0.4 is 5.32 Å². The summed E-state index contributed by atoms with van der Waals surface area (Å²) in [5.41, 5.74) is 2.30. The van der Waals surface area contributed by atoms with Gasteiger partial charge in [0.2, 0.25) is 0 Å². The van der Waals surface area contributed by atoms with Gasteiger partial charge in [-0.05, 0) is 31.2 Å². The summed E-state index contributed by atoms with van der Waals surface area (Å²) in [5.74, 6) is 0.650. The lowest BCUT2D eigenvalue weighted by Gasteiger charge is -2.17. The van der Waals surface area contributed by atoms with E-state index in [4.69, 9.17) is 0 Å². The number of nitrogens with one attached hydrogen (secondary N) is 1. The van der Waals surface area contributed by atoms with Gasteiger partial charge in [0, 0.05) is 31.5 Å². The monoisotopic (exact) mass is 270 g/mol. The first-order valence-corrected chi connectivity index (χ1v) is 6.42. The van der Waals surface area contributed by atoms with Gasteiger partial charge in [-0.3, -0.25) is 9.78 Å². The molecule has 0 unspecified atom stereocenters. The van der Waals surface area contributed by atoms with Crippen LogP contribution in [0.1, 0.15) is 21.7 Å². The van der Waals surface area contributed by atoms with E-state index in [1.165, 1.54) is 0 Å². The smallest absolute Gasteiger partial charge is 0.254 e. The number of nitrogens with zero attached hydrogens (tertiary/aromatic N) is 3. The average molecular weight is 270 g/mol. The van der Waals surface area contributed by atoms with Crippen LogP contribution in [0.5, 0.6) is 0 Å². The lowest BCUT2D eigenvalue weighted by molar-refractivity contribution is 0.0783. The highest BCUT2D eigenvalue weighted by Gasteiger charge is 2.14. The van der Waals surface area contributed by atoms with Crippen LogP contribution in [-0.2, 0) is 6.54 Å². The van der Waals surface area contributed by atoms with E-state index in [0.29, 0.717) is 17.9 Å². The van der Waals surface area contributed by atoms with E-state index >= 15 is 0 Å². The Bertz CT molecular complexity index is 598. The molecule has 0 spiro atoms. The number of aromatic nitrogens is 2. The third-order valence-electron chi connectivity index (χ3n) is 2.93. The van der Waals surface area contributed by atoms with Crippen molar-refractivity contribution in [3.8, 4) is 0 Å². The van der Waals surface area contributed by atoms with Crippen molar-refractivity contribution >= 4 is 11.7 Å². The summed E-state index contributed by atoms with van der Waals surface area (Å²) >= 11 is 0. The second-order valence-electron chi connectivity index (χ2n) is 4.61. The molecule has 104 valence electrons. The SMILES string of the molecule is CNc1cc(C(=O)N(C)Cc2ccccn2)cc(C)n1. The minimum absolute atomic E-state index is 0.0438.